The van der Waals surface area contributed by atoms with Crippen molar-refractivity contribution in [2.24, 2.45) is 0 Å². The molecule has 0 spiro atoms. The molecule has 1 aromatic heterocycles. The van der Waals surface area contributed by atoms with Gasteiger partial charge in [0, 0.05) is 31.7 Å². The van der Waals surface area contributed by atoms with Crippen LogP contribution in [0.4, 0.5) is 11.4 Å². The highest BCUT2D eigenvalue weighted by atomic mass is 32.2. The highest BCUT2D eigenvalue weighted by molar-refractivity contribution is 7.99. The van der Waals surface area contributed by atoms with Crippen LogP contribution in [0.1, 0.15) is 5.56 Å². The topological polar surface area (TPSA) is 109 Å². The highest BCUT2D eigenvalue weighted by Crippen LogP contribution is 2.28. The third kappa shape index (κ3) is 5.92. The molecule has 4 rings (SSSR count). The fourth-order valence-corrected chi connectivity index (χ4v) is 4.90. The Balaban J connectivity index is 1.35. The summed E-state index contributed by atoms with van der Waals surface area (Å²) in [7, 11) is -3.20. The number of carbonyl (C=O) groups excluding carboxylic acids is 1. The molecule has 2 aromatic carbocycles. The fraction of sp³-hybridized carbons (Fsp3) is 0.318. The number of rotatable bonds is 7. The second-order valence-corrected chi connectivity index (χ2v) is 10.7. The number of thioether (sulfide) groups is 1. The van der Waals surface area contributed by atoms with Crippen LogP contribution >= 0.6 is 11.8 Å². The number of amides is 1. The summed E-state index contributed by atoms with van der Waals surface area (Å²) in [6, 6.07) is 15.3. The van der Waals surface area contributed by atoms with Crippen molar-refractivity contribution in [2.45, 2.75) is 12.1 Å². The van der Waals surface area contributed by atoms with E-state index in [0.717, 1.165) is 16.8 Å². The Morgan fingerprint density at radius 1 is 1.06 bits per heavy atom. The van der Waals surface area contributed by atoms with Crippen LogP contribution in [0.3, 0.4) is 0 Å². The maximum absolute atomic E-state index is 12.6. The van der Waals surface area contributed by atoms with Crippen molar-refractivity contribution in [3.63, 3.8) is 0 Å². The van der Waals surface area contributed by atoms with E-state index in [1.165, 1.54) is 22.3 Å². The van der Waals surface area contributed by atoms with Crippen molar-refractivity contribution in [1.29, 1.82) is 0 Å². The van der Waals surface area contributed by atoms with Gasteiger partial charge in [0.1, 0.15) is 0 Å². The third-order valence-corrected chi connectivity index (χ3v) is 7.38. The summed E-state index contributed by atoms with van der Waals surface area (Å²) in [6.45, 7) is 3.94. The summed E-state index contributed by atoms with van der Waals surface area (Å²) in [5.74, 6) is 0.333. The molecule has 0 aliphatic carbocycles. The van der Waals surface area contributed by atoms with E-state index in [-0.39, 0.29) is 11.7 Å². The van der Waals surface area contributed by atoms with Gasteiger partial charge in [-0.3, -0.25) is 4.79 Å². The van der Waals surface area contributed by atoms with E-state index in [1.54, 1.807) is 0 Å². The van der Waals surface area contributed by atoms with Gasteiger partial charge in [-0.15, -0.1) is 10.2 Å². The minimum Gasteiger partial charge on any atom is -0.411 e. The van der Waals surface area contributed by atoms with Crippen molar-refractivity contribution in [3.8, 4) is 11.5 Å². The van der Waals surface area contributed by atoms with E-state index in [1.807, 2.05) is 55.5 Å². The maximum atomic E-state index is 12.6. The largest absolute Gasteiger partial charge is 0.411 e. The zero-order valence-corrected chi connectivity index (χ0v) is 20.0. The van der Waals surface area contributed by atoms with Gasteiger partial charge in [0.15, 0.2) is 0 Å². The quantitative estimate of drug-likeness (QED) is 0.507. The monoisotopic (exact) mass is 487 g/mol. The van der Waals surface area contributed by atoms with Crippen molar-refractivity contribution in [2.75, 3.05) is 48.4 Å². The molecular weight excluding hydrogens is 462 g/mol. The predicted octanol–water partition coefficient (Wildman–Crippen LogP) is 2.86. The van der Waals surface area contributed by atoms with E-state index in [9.17, 15) is 13.2 Å². The van der Waals surface area contributed by atoms with Gasteiger partial charge in [0.25, 0.3) is 5.22 Å². The van der Waals surface area contributed by atoms with Crippen LogP contribution in [-0.4, -0.2) is 67.0 Å². The molecule has 1 amide bonds. The van der Waals surface area contributed by atoms with Gasteiger partial charge in [0.05, 0.1) is 23.4 Å². The first-order valence-electron chi connectivity index (χ1n) is 10.4. The number of nitrogens with zero attached hydrogens (tertiary/aromatic N) is 4. The molecule has 174 valence electrons. The summed E-state index contributed by atoms with van der Waals surface area (Å²) >= 11 is 1.17. The summed E-state index contributed by atoms with van der Waals surface area (Å²) < 4.78 is 30.6. The molecule has 1 aliphatic rings. The number of piperazine rings is 1. The lowest BCUT2D eigenvalue weighted by Crippen LogP contribution is -2.48. The number of anilines is 2. The van der Waals surface area contributed by atoms with Gasteiger partial charge >= 0.3 is 0 Å². The number of carbonyl (C=O) groups is 1. The van der Waals surface area contributed by atoms with Gasteiger partial charge in [-0.25, -0.2) is 8.42 Å². The molecular formula is C22H25N5O4S2. The number of sulfonamides is 1. The zero-order chi connectivity index (χ0) is 23.4. The molecule has 0 radical (unpaired) electrons. The van der Waals surface area contributed by atoms with Gasteiger partial charge in [0.2, 0.25) is 21.8 Å². The van der Waals surface area contributed by atoms with E-state index >= 15 is 0 Å². The second-order valence-electron chi connectivity index (χ2n) is 7.74. The van der Waals surface area contributed by atoms with Crippen molar-refractivity contribution in [1.82, 2.24) is 14.5 Å². The van der Waals surface area contributed by atoms with Gasteiger partial charge in [-0.1, -0.05) is 41.6 Å². The van der Waals surface area contributed by atoms with Crippen molar-refractivity contribution in [3.05, 3.63) is 54.1 Å². The summed E-state index contributed by atoms with van der Waals surface area (Å²) in [4.78, 5) is 14.7. The van der Waals surface area contributed by atoms with Gasteiger partial charge in [-0.05, 0) is 31.2 Å². The number of aryl methyl sites for hydroxylation is 1. The third-order valence-electron chi connectivity index (χ3n) is 5.26. The molecule has 0 bridgehead atoms. The Bertz CT molecular complexity index is 1220. The predicted molar refractivity (Wildman–Crippen MR) is 129 cm³/mol. The number of aromatic nitrogens is 2. The Morgan fingerprint density at radius 2 is 1.76 bits per heavy atom. The average molecular weight is 488 g/mol. The minimum absolute atomic E-state index is 0.117. The van der Waals surface area contributed by atoms with E-state index in [0.29, 0.717) is 43.0 Å². The first-order chi connectivity index (χ1) is 15.8. The number of hydrogen-bond donors (Lipinski definition) is 1. The van der Waals surface area contributed by atoms with E-state index < -0.39 is 10.0 Å². The van der Waals surface area contributed by atoms with Crippen LogP contribution in [0.2, 0.25) is 0 Å². The molecule has 1 saturated heterocycles. The molecule has 0 saturated carbocycles. The molecule has 11 heteroatoms. The normalized spacial score (nSPS) is 14.9. The van der Waals surface area contributed by atoms with Crippen LogP contribution in [0.25, 0.3) is 11.5 Å². The minimum atomic E-state index is -3.20. The summed E-state index contributed by atoms with van der Waals surface area (Å²) in [5.41, 5.74) is 3.52. The summed E-state index contributed by atoms with van der Waals surface area (Å²) in [5, 5.41) is 11.3. The van der Waals surface area contributed by atoms with Crippen LogP contribution in [0.15, 0.2) is 58.2 Å². The fourth-order valence-electron chi connectivity index (χ4n) is 3.51. The standard InChI is InChI=1S/C22H25N5O4S2/c1-16-7-9-17(10-8-16)21-24-25-22(31-21)32-15-20(28)23-18-5-3-4-6-19(18)26-11-13-27(14-12-26)33(2,29)30/h3-10H,11-15H2,1-2H3,(H,23,28). The van der Waals surface area contributed by atoms with Gasteiger partial charge < -0.3 is 14.6 Å². The highest BCUT2D eigenvalue weighted by Gasteiger charge is 2.25. The lowest BCUT2D eigenvalue weighted by atomic mass is 10.1. The van der Waals surface area contributed by atoms with Crippen molar-refractivity contribution >= 4 is 39.1 Å². The van der Waals surface area contributed by atoms with Gasteiger partial charge in [-0.2, -0.15) is 4.31 Å². The number of benzene rings is 2. The molecule has 1 N–H and O–H groups in total. The molecule has 0 atom stereocenters. The zero-order valence-electron chi connectivity index (χ0n) is 18.4. The molecule has 0 unspecified atom stereocenters. The number of hydrogen-bond acceptors (Lipinski definition) is 8. The Labute approximate surface area is 197 Å². The first-order valence-corrected chi connectivity index (χ1v) is 13.3. The number of nitrogens with one attached hydrogen (secondary N) is 1. The molecule has 1 aliphatic heterocycles. The molecule has 3 aromatic rings. The van der Waals surface area contributed by atoms with Crippen LogP contribution in [-0.2, 0) is 14.8 Å². The average Bonchev–Trinajstić information content (AvgIpc) is 3.27. The van der Waals surface area contributed by atoms with Crippen molar-refractivity contribution < 1.29 is 17.6 Å². The SMILES string of the molecule is Cc1ccc(-c2nnc(SCC(=O)Nc3ccccc3N3CCN(S(C)(=O)=O)CC3)o2)cc1. The maximum Gasteiger partial charge on any atom is 0.277 e. The molecule has 33 heavy (non-hydrogen) atoms. The molecule has 2 heterocycles. The summed E-state index contributed by atoms with van der Waals surface area (Å²) in [6.07, 6.45) is 1.22. The van der Waals surface area contributed by atoms with E-state index in [2.05, 4.69) is 20.4 Å². The Morgan fingerprint density at radius 3 is 2.45 bits per heavy atom. The lowest BCUT2D eigenvalue weighted by Gasteiger charge is -2.35. The first kappa shape index (κ1) is 23.3. The Kier molecular flexibility index (Phi) is 7.01. The smallest absolute Gasteiger partial charge is 0.277 e. The number of para-hydroxylation sites is 2. The van der Waals surface area contributed by atoms with Crippen LogP contribution in [0.5, 0.6) is 0 Å². The lowest BCUT2D eigenvalue weighted by molar-refractivity contribution is -0.113. The van der Waals surface area contributed by atoms with Crippen LogP contribution in [0, 0.1) is 6.92 Å². The van der Waals surface area contributed by atoms with E-state index in [4.69, 9.17) is 4.42 Å². The molecule has 9 nitrogen and oxygen atoms in total. The van der Waals surface area contributed by atoms with Crippen LogP contribution < -0.4 is 10.2 Å². The Hall–Kier alpha value is -2.89. The second kappa shape index (κ2) is 9.94. The molecule has 1 fully saturated rings.